The predicted octanol–water partition coefficient (Wildman–Crippen LogP) is -0.554. The normalized spacial score (nSPS) is 10.4. The Labute approximate surface area is 110 Å². The Morgan fingerprint density at radius 3 is 2.88 bits per heavy atom. The number of thiazole rings is 1. The van der Waals surface area contributed by atoms with Gasteiger partial charge in [-0.15, -0.1) is 0 Å². The molecule has 0 unspecified atom stereocenters. The van der Waals surface area contributed by atoms with E-state index in [1.165, 1.54) is 15.8 Å². The topological polar surface area (TPSA) is 29.9 Å². The molecule has 2 aromatic rings. The van der Waals surface area contributed by atoms with E-state index in [2.05, 4.69) is 35.9 Å². The molecule has 0 aliphatic heterocycles. The van der Waals surface area contributed by atoms with Gasteiger partial charge in [-0.2, -0.15) is 11.8 Å². The van der Waals surface area contributed by atoms with Gasteiger partial charge in [-0.3, -0.25) is 5.73 Å². The van der Waals surface area contributed by atoms with Crippen LogP contribution in [0.4, 0.5) is 5.13 Å². The standard InChI is InChI=1S/C11H14N2S2.ClH/c1-8-3-4-9-10(7-8)15-11(12)13(9)5-6-14-2;/h3-4,7,12H,5-6H2,1-2H3;1H. The quantitative estimate of drug-likeness (QED) is 0.761. The summed E-state index contributed by atoms with van der Waals surface area (Å²) >= 11 is 3.52. The molecule has 0 atom stereocenters. The van der Waals surface area contributed by atoms with Crippen molar-refractivity contribution < 1.29 is 17.0 Å². The molecule has 88 valence electrons. The highest BCUT2D eigenvalue weighted by atomic mass is 35.5. The van der Waals surface area contributed by atoms with Gasteiger partial charge in [0.1, 0.15) is 12.1 Å². The number of fused-ring (bicyclic) bond motifs is 1. The third-order valence-electron chi connectivity index (χ3n) is 2.41. The van der Waals surface area contributed by atoms with Crippen molar-refractivity contribution >= 4 is 38.4 Å². The minimum atomic E-state index is 0. The number of thioether (sulfide) groups is 1. The van der Waals surface area contributed by atoms with Crippen molar-refractivity contribution in [2.24, 2.45) is 0 Å². The van der Waals surface area contributed by atoms with E-state index in [0.717, 1.165) is 17.4 Å². The van der Waals surface area contributed by atoms with Crippen LogP contribution in [0.3, 0.4) is 0 Å². The second-order valence-electron chi connectivity index (χ2n) is 3.56. The summed E-state index contributed by atoms with van der Waals surface area (Å²) in [5, 5.41) is 0.907. The maximum Gasteiger partial charge on any atom is 0.332 e. The van der Waals surface area contributed by atoms with Crippen molar-refractivity contribution in [3.63, 3.8) is 0 Å². The lowest BCUT2D eigenvalue weighted by atomic mass is 10.2. The van der Waals surface area contributed by atoms with E-state index < -0.39 is 0 Å². The fourth-order valence-electron chi connectivity index (χ4n) is 1.63. The van der Waals surface area contributed by atoms with Gasteiger partial charge in [0, 0.05) is 5.75 Å². The number of rotatable bonds is 3. The van der Waals surface area contributed by atoms with Crippen LogP contribution in [0.2, 0.25) is 0 Å². The molecule has 0 aliphatic carbocycles. The molecular weight excluding hydrogens is 260 g/mol. The van der Waals surface area contributed by atoms with Gasteiger partial charge in [-0.05, 0) is 42.2 Å². The molecule has 1 aromatic carbocycles. The minimum absolute atomic E-state index is 0. The van der Waals surface area contributed by atoms with E-state index in [1.807, 2.05) is 11.8 Å². The Hall–Kier alpha value is -0.450. The number of nitrogen functional groups attached to an aromatic ring is 1. The van der Waals surface area contributed by atoms with Gasteiger partial charge in [-0.1, -0.05) is 6.07 Å². The highest BCUT2D eigenvalue weighted by Gasteiger charge is 2.13. The molecule has 0 bridgehead atoms. The van der Waals surface area contributed by atoms with Crippen LogP contribution in [0.15, 0.2) is 18.2 Å². The molecule has 0 saturated heterocycles. The Kier molecular flexibility index (Phi) is 4.89. The maximum atomic E-state index is 6.02. The van der Waals surface area contributed by atoms with Crippen LogP contribution in [-0.4, -0.2) is 12.0 Å². The van der Waals surface area contributed by atoms with E-state index in [4.69, 9.17) is 5.73 Å². The molecule has 2 rings (SSSR count). The first-order valence-corrected chi connectivity index (χ1v) is 7.11. The van der Waals surface area contributed by atoms with E-state index in [0.29, 0.717) is 0 Å². The molecule has 0 fully saturated rings. The zero-order valence-corrected chi connectivity index (χ0v) is 11.8. The van der Waals surface area contributed by atoms with Crippen molar-refractivity contribution in [2.75, 3.05) is 17.7 Å². The summed E-state index contributed by atoms with van der Waals surface area (Å²) in [6.07, 6.45) is 2.12. The zero-order chi connectivity index (χ0) is 10.8. The summed E-state index contributed by atoms with van der Waals surface area (Å²) in [4.78, 5) is 0. The van der Waals surface area contributed by atoms with Crippen LogP contribution >= 0.6 is 23.1 Å². The van der Waals surface area contributed by atoms with Gasteiger partial charge in [0.2, 0.25) is 0 Å². The molecule has 2 N–H and O–H groups in total. The molecule has 0 radical (unpaired) electrons. The molecule has 0 amide bonds. The molecule has 5 heteroatoms. The SMILES string of the molecule is CSCC[n+]1c(N)sc2cc(C)ccc21.[Cl-]. The molecule has 16 heavy (non-hydrogen) atoms. The summed E-state index contributed by atoms with van der Waals surface area (Å²) in [7, 11) is 0. The second-order valence-corrected chi connectivity index (χ2v) is 5.60. The van der Waals surface area contributed by atoms with Gasteiger partial charge in [-0.25, -0.2) is 4.57 Å². The van der Waals surface area contributed by atoms with E-state index in [-0.39, 0.29) is 12.4 Å². The summed E-state index contributed by atoms with van der Waals surface area (Å²) in [6.45, 7) is 3.11. The van der Waals surface area contributed by atoms with Crippen LogP contribution in [0.5, 0.6) is 0 Å². The Morgan fingerprint density at radius 2 is 2.19 bits per heavy atom. The van der Waals surface area contributed by atoms with Crippen LogP contribution < -0.4 is 22.7 Å². The first-order valence-electron chi connectivity index (χ1n) is 4.90. The fourth-order valence-corrected chi connectivity index (χ4v) is 3.04. The van der Waals surface area contributed by atoms with E-state index >= 15 is 0 Å². The summed E-state index contributed by atoms with van der Waals surface area (Å²) in [5.74, 6) is 1.11. The number of aromatic nitrogens is 1. The largest absolute Gasteiger partial charge is 1.00 e. The summed E-state index contributed by atoms with van der Waals surface area (Å²) in [5.41, 5.74) is 8.57. The van der Waals surface area contributed by atoms with Gasteiger partial charge in [0.25, 0.3) is 0 Å². The monoisotopic (exact) mass is 274 g/mol. The summed E-state index contributed by atoms with van der Waals surface area (Å²) in [6, 6.07) is 6.51. The molecule has 0 spiro atoms. The Morgan fingerprint density at radius 1 is 1.44 bits per heavy atom. The highest BCUT2D eigenvalue weighted by Crippen LogP contribution is 2.23. The van der Waals surface area contributed by atoms with Crippen molar-refractivity contribution in [1.82, 2.24) is 0 Å². The lowest BCUT2D eigenvalue weighted by Gasteiger charge is -1.98. The molecule has 1 heterocycles. The van der Waals surface area contributed by atoms with Crippen LogP contribution in [0.1, 0.15) is 5.56 Å². The number of hydrogen-bond acceptors (Lipinski definition) is 3. The zero-order valence-electron chi connectivity index (χ0n) is 9.37. The third-order valence-corrected chi connectivity index (χ3v) is 3.97. The number of nitrogens with zero attached hydrogens (tertiary/aromatic N) is 1. The van der Waals surface area contributed by atoms with Gasteiger partial charge in [0.05, 0.1) is 4.70 Å². The van der Waals surface area contributed by atoms with Gasteiger partial charge in [0.15, 0.2) is 0 Å². The molecule has 1 aromatic heterocycles. The minimum Gasteiger partial charge on any atom is -1.00 e. The van der Waals surface area contributed by atoms with Crippen molar-refractivity contribution in [1.29, 1.82) is 0 Å². The smallest absolute Gasteiger partial charge is 0.332 e. The van der Waals surface area contributed by atoms with Crippen LogP contribution in [-0.2, 0) is 6.54 Å². The number of nitrogens with two attached hydrogens (primary N) is 1. The third kappa shape index (κ3) is 2.62. The highest BCUT2D eigenvalue weighted by molar-refractivity contribution is 7.98. The number of aryl methyl sites for hydroxylation is 2. The fraction of sp³-hybridized carbons (Fsp3) is 0.364. The maximum absolute atomic E-state index is 6.02. The van der Waals surface area contributed by atoms with Gasteiger partial charge >= 0.3 is 5.13 Å². The van der Waals surface area contributed by atoms with E-state index in [1.54, 1.807) is 11.3 Å². The molecule has 0 aliphatic rings. The van der Waals surface area contributed by atoms with E-state index in [9.17, 15) is 0 Å². The number of hydrogen-bond donors (Lipinski definition) is 1. The molecular formula is C11H15ClN2S2. The van der Waals surface area contributed by atoms with Crippen LogP contribution in [0.25, 0.3) is 10.2 Å². The average Bonchev–Trinajstić information content (AvgIpc) is 2.50. The van der Waals surface area contributed by atoms with Crippen molar-refractivity contribution in [3.8, 4) is 0 Å². The molecule has 2 nitrogen and oxygen atoms in total. The number of anilines is 1. The predicted molar refractivity (Wildman–Crippen MR) is 69.6 cm³/mol. The van der Waals surface area contributed by atoms with Crippen LogP contribution in [0, 0.1) is 6.92 Å². The molecule has 0 saturated carbocycles. The number of halogens is 1. The average molecular weight is 275 g/mol. The number of benzene rings is 1. The lowest BCUT2D eigenvalue weighted by Crippen LogP contribution is -3.00. The first-order chi connectivity index (χ1) is 7.22. The Balaban J connectivity index is 0.00000128. The first kappa shape index (κ1) is 13.6. The second kappa shape index (κ2) is 5.75. The van der Waals surface area contributed by atoms with Gasteiger partial charge < -0.3 is 12.4 Å². The lowest BCUT2D eigenvalue weighted by molar-refractivity contribution is -0.648. The van der Waals surface area contributed by atoms with Crippen molar-refractivity contribution in [3.05, 3.63) is 23.8 Å². The summed E-state index contributed by atoms with van der Waals surface area (Å²) < 4.78 is 3.49. The van der Waals surface area contributed by atoms with Crippen molar-refractivity contribution in [2.45, 2.75) is 13.5 Å². The Bertz CT molecular complexity index is 482.